The highest BCUT2D eigenvalue weighted by Crippen LogP contribution is 2.26. The van der Waals surface area contributed by atoms with E-state index in [1.807, 2.05) is 19.2 Å². The number of nitrogens with zero attached hydrogens (tertiary/aromatic N) is 4. The maximum atomic E-state index is 12.0. The Morgan fingerprint density at radius 2 is 1.95 bits per heavy atom. The van der Waals surface area contributed by atoms with Gasteiger partial charge in [-0.1, -0.05) is 0 Å². The van der Waals surface area contributed by atoms with Crippen molar-refractivity contribution < 1.29 is 4.79 Å². The van der Waals surface area contributed by atoms with Crippen LogP contribution in [0.2, 0.25) is 0 Å². The van der Waals surface area contributed by atoms with Crippen molar-refractivity contribution in [3.05, 3.63) is 21.9 Å². The Labute approximate surface area is 130 Å². The number of rotatable bonds is 7. The maximum Gasteiger partial charge on any atom is 0.225 e. The molecule has 0 N–H and O–H groups in total. The first-order valence-corrected chi connectivity index (χ1v) is 7.59. The van der Waals surface area contributed by atoms with Gasteiger partial charge in [-0.15, -0.1) is 11.3 Å². The van der Waals surface area contributed by atoms with E-state index >= 15 is 0 Å². The zero-order valence-corrected chi connectivity index (χ0v) is 13.5. The zero-order valence-electron chi connectivity index (χ0n) is 12.7. The molecule has 6 heteroatoms. The molecule has 1 heterocycles. The summed E-state index contributed by atoms with van der Waals surface area (Å²) in [5, 5.41) is 17.3. The van der Waals surface area contributed by atoms with Gasteiger partial charge < -0.3 is 4.90 Å². The number of amides is 1. The molecule has 1 rings (SSSR count). The average Bonchev–Trinajstić information content (AvgIpc) is 2.89. The SMILES string of the molecule is Cc1ccc(C(C)N(C)CCC(=O)N(CC#N)CC#N)s1. The normalized spacial score (nSPS) is 11.7. The second-order valence-electron chi connectivity index (χ2n) is 4.92. The molecule has 0 fully saturated rings. The molecule has 0 aliphatic rings. The van der Waals surface area contributed by atoms with Crippen LogP contribution in [0.4, 0.5) is 0 Å². The lowest BCUT2D eigenvalue weighted by Crippen LogP contribution is -2.34. The highest BCUT2D eigenvalue weighted by atomic mass is 32.1. The van der Waals surface area contributed by atoms with E-state index in [2.05, 4.69) is 30.9 Å². The Morgan fingerprint density at radius 1 is 1.33 bits per heavy atom. The van der Waals surface area contributed by atoms with E-state index in [4.69, 9.17) is 10.5 Å². The molecule has 0 saturated heterocycles. The minimum absolute atomic E-state index is 0.0320. The molecule has 0 saturated carbocycles. The lowest BCUT2D eigenvalue weighted by atomic mass is 10.2. The number of aryl methyl sites for hydroxylation is 1. The zero-order chi connectivity index (χ0) is 15.8. The molecule has 0 radical (unpaired) electrons. The highest BCUT2D eigenvalue weighted by Gasteiger charge is 2.17. The van der Waals surface area contributed by atoms with Crippen molar-refractivity contribution in [3.8, 4) is 12.1 Å². The van der Waals surface area contributed by atoms with E-state index < -0.39 is 0 Å². The van der Waals surface area contributed by atoms with Crippen LogP contribution in [-0.4, -0.2) is 42.4 Å². The van der Waals surface area contributed by atoms with Crippen molar-refractivity contribution >= 4 is 17.2 Å². The van der Waals surface area contributed by atoms with Gasteiger partial charge in [0, 0.05) is 28.8 Å². The van der Waals surface area contributed by atoms with Crippen LogP contribution in [0, 0.1) is 29.6 Å². The maximum absolute atomic E-state index is 12.0. The van der Waals surface area contributed by atoms with Crippen LogP contribution in [0.1, 0.15) is 29.1 Å². The molecule has 0 aliphatic heterocycles. The van der Waals surface area contributed by atoms with Crippen molar-refractivity contribution in [2.45, 2.75) is 26.3 Å². The minimum atomic E-state index is -0.153. The third-order valence-corrected chi connectivity index (χ3v) is 4.56. The summed E-state index contributed by atoms with van der Waals surface area (Å²) in [6, 6.07) is 8.28. The lowest BCUT2D eigenvalue weighted by molar-refractivity contribution is -0.130. The molecule has 21 heavy (non-hydrogen) atoms. The summed E-state index contributed by atoms with van der Waals surface area (Å²) in [7, 11) is 1.98. The first kappa shape index (κ1) is 17.2. The van der Waals surface area contributed by atoms with E-state index in [9.17, 15) is 4.79 Å². The number of hydrogen-bond acceptors (Lipinski definition) is 5. The topological polar surface area (TPSA) is 71.1 Å². The van der Waals surface area contributed by atoms with Crippen LogP contribution in [0.25, 0.3) is 0 Å². The molecule has 1 unspecified atom stereocenters. The summed E-state index contributed by atoms with van der Waals surface area (Å²) >= 11 is 1.76. The van der Waals surface area contributed by atoms with Crippen molar-refractivity contribution in [3.63, 3.8) is 0 Å². The van der Waals surface area contributed by atoms with E-state index in [1.54, 1.807) is 11.3 Å². The summed E-state index contributed by atoms with van der Waals surface area (Å²) in [4.78, 5) is 17.9. The van der Waals surface area contributed by atoms with Crippen molar-refractivity contribution in [1.29, 1.82) is 10.5 Å². The Kier molecular flexibility index (Phi) is 6.87. The van der Waals surface area contributed by atoms with Crippen LogP contribution in [0.3, 0.4) is 0 Å². The van der Waals surface area contributed by atoms with Crippen LogP contribution < -0.4 is 0 Å². The molecule has 112 valence electrons. The van der Waals surface area contributed by atoms with Gasteiger partial charge in [-0.2, -0.15) is 10.5 Å². The van der Waals surface area contributed by atoms with E-state index in [0.29, 0.717) is 13.0 Å². The average molecular weight is 304 g/mol. The van der Waals surface area contributed by atoms with Crippen LogP contribution in [0.5, 0.6) is 0 Å². The monoisotopic (exact) mass is 304 g/mol. The van der Waals surface area contributed by atoms with Gasteiger partial charge in [-0.25, -0.2) is 0 Å². The lowest BCUT2D eigenvalue weighted by Gasteiger charge is -2.24. The second kappa shape index (κ2) is 8.41. The Morgan fingerprint density at radius 3 is 2.43 bits per heavy atom. The summed E-state index contributed by atoms with van der Waals surface area (Å²) in [5.74, 6) is -0.153. The standard InChI is InChI=1S/C15H20N4OS/c1-12-4-5-14(21-12)13(2)18(3)9-6-15(20)19(10-7-16)11-8-17/h4-5,13H,6,9-11H2,1-3H3. The summed E-state index contributed by atoms with van der Waals surface area (Å²) < 4.78 is 0. The van der Waals surface area contributed by atoms with Crippen molar-refractivity contribution in [2.75, 3.05) is 26.7 Å². The molecule has 1 aromatic heterocycles. The molecule has 0 aromatic carbocycles. The second-order valence-corrected chi connectivity index (χ2v) is 6.24. The number of carbonyl (C=O) groups is 1. The molecule has 1 atom stereocenters. The molecule has 0 aliphatic carbocycles. The Balaban J connectivity index is 2.52. The summed E-state index contributed by atoms with van der Waals surface area (Å²) in [5.41, 5.74) is 0. The molecule has 1 amide bonds. The van der Waals surface area contributed by atoms with Gasteiger partial charge in [-0.3, -0.25) is 9.69 Å². The Bertz CT molecular complexity index is 539. The van der Waals surface area contributed by atoms with Crippen LogP contribution >= 0.6 is 11.3 Å². The van der Waals surface area contributed by atoms with Gasteiger partial charge >= 0.3 is 0 Å². The van der Waals surface area contributed by atoms with Crippen molar-refractivity contribution in [1.82, 2.24) is 9.80 Å². The van der Waals surface area contributed by atoms with E-state index in [1.165, 1.54) is 14.7 Å². The predicted octanol–water partition coefficient (Wildman–Crippen LogP) is 2.32. The van der Waals surface area contributed by atoms with Gasteiger partial charge in [0.1, 0.15) is 13.1 Å². The van der Waals surface area contributed by atoms with Gasteiger partial charge in [-0.05, 0) is 33.0 Å². The van der Waals surface area contributed by atoms with Crippen LogP contribution in [-0.2, 0) is 4.79 Å². The summed E-state index contributed by atoms with van der Waals surface area (Å²) in [6.45, 7) is 4.72. The third kappa shape index (κ3) is 5.18. The van der Waals surface area contributed by atoms with Crippen LogP contribution in [0.15, 0.2) is 12.1 Å². The summed E-state index contributed by atoms with van der Waals surface area (Å²) in [6.07, 6.45) is 0.314. The first-order chi connectivity index (χ1) is 9.99. The molecule has 0 spiro atoms. The minimum Gasteiger partial charge on any atom is -0.316 e. The fourth-order valence-corrected chi connectivity index (χ4v) is 2.92. The predicted molar refractivity (Wildman–Crippen MR) is 82.5 cm³/mol. The molecule has 5 nitrogen and oxygen atoms in total. The smallest absolute Gasteiger partial charge is 0.225 e. The fraction of sp³-hybridized carbons (Fsp3) is 0.533. The van der Waals surface area contributed by atoms with E-state index in [-0.39, 0.29) is 25.0 Å². The number of hydrogen-bond donors (Lipinski definition) is 0. The quantitative estimate of drug-likeness (QED) is 0.725. The van der Waals surface area contributed by atoms with Gasteiger partial charge in [0.15, 0.2) is 0 Å². The third-order valence-electron chi connectivity index (χ3n) is 3.39. The van der Waals surface area contributed by atoms with Gasteiger partial charge in [0.2, 0.25) is 5.91 Å². The number of nitriles is 2. The molecular weight excluding hydrogens is 284 g/mol. The number of thiophene rings is 1. The van der Waals surface area contributed by atoms with Gasteiger partial charge in [0.25, 0.3) is 0 Å². The molecule has 1 aromatic rings. The Hall–Kier alpha value is -1.89. The number of carbonyl (C=O) groups excluding carboxylic acids is 1. The molecule has 0 bridgehead atoms. The van der Waals surface area contributed by atoms with Crippen molar-refractivity contribution in [2.24, 2.45) is 0 Å². The molecular formula is C15H20N4OS. The largest absolute Gasteiger partial charge is 0.316 e. The van der Waals surface area contributed by atoms with Gasteiger partial charge in [0.05, 0.1) is 12.1 Å². The highest BCUT2D eigenvalue weighted by molar-refractivity contribution is 7.12. The fourth-order valence-electron chi connectivity index (χ4n) is 1.92. The first-order valence-electron chi connectivity index (χ1n) is 6.77. The van der Waals surface area contributed by atoms with E-state index in [0.717, 1.165) is 0 Å².